The predicted octanol–water partition coefficient (Wildman–Crippen LogP) is 2.93. The fraction of sp³-hybridized carbons (Fsp3) is 0.500. The molecule has 0 spiro atoms. The van der Waals surface area contributed by atoms with Gasteiger partial charge in [-0.2, -0.15) is 0 Å². The zero-order valence-corrected chi connectivity index (χ0v) is 14.5. The number of piperidine rings is 3. The molecular weight excluding hydrogens is 298 g/mol. The molecule has 3 aliphatic heterocycles. The van der Waals surface area contributed by atoms with E-state index in [0.29, 0.717) is 12.0 Å². The number of aryl methyl sites for hydroxylation is 2. The Labute approximate surface area is 143 Å². The first kappa shape index (κ1) is 15.6. The SMILES string of the molecule is CCc1cc(C)c2cc(C(=O)NC3CN4CCC3CC4)ccc2n1. The number of fused-ring (bicyclic) bond motifs is 4. The summed E-state index contributed by atoms with van der Waals surface area (Å²) in [5.41, 5.74) is 4.01. The third kappa shape index (κ3) is 2.80. The predicted molar refractivity (Wildman–Crippen MR) is 96.3 cm³/mol. The zero-order valence-electron chi connectivity index (χ0n) is 14.5. The molecule has 2 bridgehead atoms. The van der Waals surface area contributed by atoms with Crippen molar-refractivity contribution in [3.8, 4) is 0 Å². The van der Waals surface area contributed by atoms with Gasteiger partial charge in [-0.15, -0.1) is 0 Å². The molecule has 1 atom stereocenters. The molecule has 4 heteroatoms. The summed E-state index contributed by atoms with van der Waals surface area (Å²) in [6.45, 7) is 7.60. The topological polar surface area (TPSA) is 45.2 Å². The van der Waals surface area contributed by atoms with Crippen molar-refractivity contribution >= 4 is 16.8 Å². The van der Waals surface area contributed by atoms with Crippen LogP contribution in [0, 0.1) is 12.8 Å². The number of hydrogen-bond acceptors (Lipinski definition) is 3. The van der Waals surface area contributed by atoms with Crippen LogP contribution < -0.4 is 5.32 Å². The van der Waals surface area contributed by atoms with Gasteiger partial charge in [0, 0.05) is 29.2 Å². The molecule has 0 radical (unpaired) electrons. The van der Waals surface area contributed by atoms with E-state index in [9.17, 15) is 4.79 Å². The molecule has 1 aromatic heterocycles. The van der Waals surface area contributed by atoms with Crippen LogP contribution in [0.3, 0.4) is 0 Å². The first-order valence-electron chi connectivity index (χ1n) is 9.07. The van der Waals surface area contributed by atoms with Gasteiger partial charge in [0.2, 0.25) is 0 Å². The van der Waals surface area contributed by atoms with Crippen molar-refractivity contribution in [1.29, 1.82) is 0 Å². The summed E-state index contributed by atoms with van der Waals surface area (Å²) in [4.78, 5) is 19.8. The fourth-order valence-electron chi connectivity index (χ4n) is 4.17. The summed E-state index contributed by atoms with van der Waals surface area (Å²) in [6, 6.07) is 8.31. The summed E-state index contributed by atoms with van der Waals surface area (Å²) in [6.07, 6.45) is 3.36. The number of amides is 1. The summed E-state index contributed by atoms with van der Waals surface area (Å²) >= 11 is 0. The Kier molecular flexibility index (Phi) is 4.01. The Hall–Kier alpha value is -1.94. The highest BCUT2D eigenvalue weighted by Crippen LogP contribution is 2.28. The van der Waals surface area contributed by atoms with Gasteiger partial charge in [0.05, 0.1) is 5.52 Å². The Bertz CT molecular complexity index is 778. The minimum atomic E-state index is 0.0506. The van der Waals surface area contributed by atoms with Crippen molar-refractivity contribution in [3.05, 3.63) is 41.1 Å². The molecule has 1 unspecified atom stereocenters. The van der Waals surface area contributed by atoms with E-state index in [1.165, 1.54) is 31.5 Å². The summed E-state index contributed by atoms with van der Waals surface area (Å²) in [5, 5.41) is 4.35. The molecule has 3 fully saturated rings. The number of benzene rings is 1. The Morgan fingerprint density at radius 3 is 2.75 bits per heavy atom. The normalized spacial score (nSPS) is 25.8. The first-order chi connectivity index (χ1) is 11.6. The second-order valence-corrected chi connectivity index (χ2v) is 7.23. The largest absolute Gasteiger partial charge is 0.348 e. The molecule has 3 aliphatic rings. The highest BCUT2D eigenvalue weighted by molar-refractivity contribution is 5.98. The van der Waals surface area contributed by atoms with E-state index in [1.54, 1.807) is 0 Å². The highest BCUT2D eigenvalue weighted by Gasteiger charge is 2.34. The standard InChI is InChI=1S/C20H25N3O/c1-3-16-10-13(2)17-11-15(4-5-18(17)21-16)20(24)22-19-12-23-8-6-14(19)7-9-23/h4-5,10-11,14,19H,3,6-9,12H2,1-2H3,(H,22,24). The maximum absolute atomic E-state index is 12.7. The Morgan fingerprint density at radius 1 is 1.29 bits per heavy atom. The molecule has 1 N–H and O–H groups in total. The molecule has 3 saturated heterocycles. The van der Waals surface area contributed by atoms with E-state index in [2.05, 4.69) is 35.1 Å². The van der Waals surface area contributed by atoms with Gasteiger partial charge in [-0.1, -0.05) is 6.92 Å². The average molecular weight is 323 g/mol. The van der Waals surface area contributed by atoms with Crippen LogP contribution in [-0.4, -0.2) is 41.5 Å². The van der Waals surface area contributed by atoms with Gasteiger partial charge >= 0.3 is 0 Å². The minimum Gasteiger partial charge on any atom is -0.348 e. The van der Waals surface area contributed by atoms with E-state index >= 15 is 0 Å². The second kappa shape index (κ2) is 6.17. The van der Waals surface area contributed by atoms with Gasteiger partial charge in [-0.3, -0.25) is 9.78 Å². The molecule has 0 saturated carbocycles. The van der Waals surface area contributed by atoms with E-state index in [0.717, 1.165) is 35.1 Å². The number of nitrogens with one attached hydrogen (secondary N) is 1. The minimum absolute atomic E-state index is 0.0506. The van der Waals surface area contributed by atoms with E-state index in [-0.39, 0.29) is 5.91 Å². The Morgan fingerprint density at radius 2 is 2.08 bits per heavy atom. The van der Waals surface area contributed by atoms with Crippen molar-refractivity contribution in [2.75, 3.05) is 19.6 Å². The zero-order chi connectivity index (χ0) is 16.7. The molecule has 4 nitrogen and oxygen atoms in total. The van der Waals surface area contributed by atoms with Crippen molar-refractivity contribution in [3.63, 3.8) is 0 Å². The number of carbonyl (C=O) groups is 1. The lowest BCUT2D eigenvalue weighted by molar-refractivity contribution is 0.0620. The van der Waals surface area contributed by atoms with Crippen LogP contribution in [-0.2, 0) is 6.42 Å². The maximum Gasteiger partial charge on any atom is 0.251 e. The van der Waals surface area contributed by atoms with Gasteiger partial charge in [0.1, 0.15) is 0 Å². The molecule has 2 aromatic rings. The maximum atomic E-state index is 12.7. The molecule has 0 aliphatic carbocycles. The first-order valence-corrected chi connectivity index (χ1v) is 9.07. The van der Waals surface area contributed by atoms with Crippen LogP contribution in [0.25, 0.3) is 10.9 Å². The number of rotatable bonds is 3. The van der Waals surface area contributed by atoms with Gasteiger partial charge < -0.3 is 10.2 Å². The number of hydrogen-bond donors (Lipinski definition) is 1. The lowest BCUT2D eigenvalue weighted by Gasteiger charge is -2.44. The lowest BCUT2D eigenvalue weighted by atomic mass is 9.84. The number of nitrogens with zero attached hydrogens (tertiary/aromatic N) is 2. The van der Waals surface area contributed by atoms with Gasteiger partial charge in [0.15, 0.2) is 0 Å². The summed E-state index contributed by atoms with van der Waals surface area (Å²) < 4.78 is 0. The van der Waals surface area contributed by atoms with Gasteiger partial charge in [-0.25, -0.2) is 0 Å². The number of aromatic nitrogens is 1. The Balaban J connectivity index is 1.57. The highest BCUT2D eigenvalue weighted by atomic mass is 16.1. The molecule has 1 amide bonds. The molecule has 126 valence electrons. The van der Waals surface area contributed by atoms with Gasteiger partial charge in [-0.05, 0) is 75.0 Å². The molecule has 5 rings (SSSR count). The smallest absolute Gasteiger partial charge is 0.251 e. The van der Waals surface area contributed by atoms with E-state index in [4.69, 9.17) is 0 Å². The van der Waals surface area contributed by atoms with Crippen LogP contribution in [0.4, 0.5) is 0 Å². The second-order valence-electron chi connectivity index (χ2n) is 7.23. The quantitative estimate of drug-likeness (QED) is 0.944. The average Bonchev–Trinajstić information content (AvgIpc) is 2.62. The van der Waals surface area contributed by atoms with Crippen LogP contribution in [0.15, 0.2) is 24.3 Å². The molecule has 1 aromatic carbocycles. The van der Waals surface area contributed by atoms with E-state index in [1.807, 2.05) is 18.2 Å². The summed E-state index contributed by atoms with van der Waals surface area (Å²) in [5.74, 6) is 0.699. The van der Waals surface area contributed by atoms with Gasteiger partial charge in [0.25, 0.3) is 5.91 Å². The van der Waals surface area contributed by atoms with Crippen molar-refractivity contribution in [2.24, 2.45) is 5.92 Å². The van der Waals surface area contributed by atoms with E-state index < -0.39 is 0 Å². The molecule has 24 heavy (non-hydrogen) atoms. The van der Waals surface area contributed by atoms with Crippen LogP contribution in [0.1, 0.15) is 41.4 Å². The lowest BCUT2D eigenvalue weighted by Crippen LogP contribution is -2.57. The van der Waals surface area contributed by atoms with Crippen LogP contribution >= 0.6 is 0 Å². The summed E-state index contributed by atoms with van der Waals surface area (Å²) in [7, 11) is 0. The van der Waals surface area contributed by atoms with Crippen molar-refractivity contribution in [1.82, 2.24) is 15.2 Å². The third-order valence-electron chi connectivity index (χ3n) is 5.67. The molecular formula is C20H25N3O. The van der Waals surface area contributed by atoms with Crippen molar-refractivity contribution in [2.45, 2.75) is 39.2 Å². The number of pyridine rings is 1. The van der Waals surface area contributed by atoms with Crippen LogP contribution in [0.5, 0.6) is 0 Å². The van der Waals surface area contributed by atoms with Crippen LogP contribution in [0.2, 0.25) is 0 Å². The molecule has 4 heterocycles. The monoisotopic (exact) mass is 323 g/mol. The third-order valence-corrected chi connectivity index (χ3v) is 5.67. The number of carbonyl (C=O) groups excluding carboxylic acids is 1. The fourth-order valence-corrected chi connectivity index (χ4v) is 4.17. The van der Waals surface area contributed by atoms with Crippen molar-refractivity contribution < 1.29 is 4.79 Å².